The average Bonchev–Trinajstić information content (AvgIpc) is 2.42. The van der Waals surface area contributed by atoms with E-state index in [1.807, 2.05) is 0 Å². The minimum atomic E-state index is -0.460. The van der Waals surface area contributed by atoms with Crippen molar-refractivity contribution in [3.05, 3.63) is 29.8 Å². The Morgan fingerprint density at radius 3 is 2.53 bits per heavy atom. The summed E-state index contributed by atoms with van der Waals surface area (Å²) in [6, 6.07) is 3.41. The Kier molecular flexibility index (Phi) is 4.31. The lowest BCUT2D eigenvalue weighted by atomic mass is 10.2. The largest absolute Gasteiger partial charge is 0.366 e. The van der Waals surface area contributed by atoms with E-state index < -0.39 is 11.6 Å². The Morgan fingerprint density at radius 2 is 1.89 bits per heavy atom. The second kappa shape index (κ2) is 5.97. The summed E-state index contributed by atoms with van der Waals surface area (Å²) in [6.07, 6.45) is 0.328. The summed E-state index contributed by atoms with van der Waals surface area (Å²) in [4.78, 5) is 15.1. The maximum Gasteiger partial charge on any atom is 0.223 e. The van der Waals surface area contributed by atoms with Crippen LogP contribution in [0.4, 0.5) is 14.5 Å². The van der Waals surface area contributed by atoms with Gasteiger partial charge in [-0.25, -0.2) is 8.78 Å². The van der Waals surface area contributed by atoms with Crippen LogP contribution in [-0.4, -0.2) is 43.5 Å². The number of carbonyl (C=O) groups excluding carboxylic acids is 1. The molecule has 1 aromatic carbocycles. The molecule has 6 heteroatoms. The van der Waals surface area contributed by atoms with Crippen molar-refractivity contribution in [2.45, 2.75) is 6.42 Å². The third-order valence-corrected chi connectivity index (χ3v) is 3.24. The standard InChI is InChI=1S/C13H17F2N3O/c14-10-1-2-11(15)12(9-10)17-5-7-18(8-6-17)13(19)3-4-16/h1-2,9H,3-8,16H2. The van der Waals surface area contributed by atoms with Crippen molar-refractivity contribution in [3.8, 4) is 0 Å². The molecule has 0 aromatic heterocycles. The van der Waals surface area contributed by atoms with Crippen LogP contribution in [0.25, 0.3) is 0 Å². The van der Waals surface area contributed by atoms with Crippen LogP contribution in [0.5, 0.6) is 0 Å². The van der Waals surface area contributed by atoms with E-state index in [2.05, 4.69) is 0 Å². The zero-order valence-electron chi connectivity index (χ0n) is 10.6. The van der Waals surface area contributed by atoms with E-state index in [0.717, 1.165) is 12.1 Å². The minimum absolute atomic E-state index is 0.0156. The van der Waals surface area contributed by atoms with Crippen LogP contribution in [0.15, 0.2) is 18.2 Å². The summed E-state index contributed by atoms with van der Waals surface area (Å²) < 4.78 is 26.8. The summed E-state index contributed by atoms with van der Waals surface area (Å²) in [7, 11) is 0. The van der Waals surface area contributed by atoms with Gasteiger partial charge in [0.2, 0.25) is 5.91 Å². The molecule has 0 bridgehead atoms. The first kappa shape index (κ1) is 13.7. The van der Waals surface area contributed by atoms with E-state index in [4.69, 9.17) is 5.73 Å². The fraction of sp³-hybridized carbons (Fsp3) is 0.462. The Morgan fingerprint density at radius 1 is 1.21 bits per heavy atom. The number of nitrogens with two attached hydrogens (primary N) is 1. The second-order valence-corrected chi connectivity index (χ2v) is 4.50. The van der Waals surface area contributed by atoms with Crippen LogP contribution < -0.4 is 10.6 Å². The van der Waals surface area contributed by atoms with Gasteiger partial charge in [-0.15, -0.1) is 0 Å². The number of anilines is 1. The molecule has 0 saturated carbocycles. The number of halogens is 2. The molecule has 2 rings (SSSR count). The molecule has 0 spiro atoms. The van der Waals surface area contributed by atoms with Gasteiger partial charge in [0.15, 0.2) is 0 Å². The van der Waals surface area contributed by atoms with E-state index in [9.17, 15) is 13.6 Å². The van der Waals surface area contributed by atoms with Crippen molar-refractivity contribution in [2.24, 2.45) is 5.73 Å². The monoisotopic (exact) mass is 269 g/mol. The van der Waals surface area contributed by atoms with Crippen molar-refractivity contribution >= 4 is 11.6 Å². The summed E-state index contributed by atoms with van der Waals surface area (Å²) >= 11 is 0. The van der Waals surface area contributed by atoms with E-state index >= 15 is 0 Å². The van der Waals surface area contributed by atoms with Gasteiger partial charge in [-0.3, -0.25) is 4.79 Å². The van der Waals surface area contributed by atoms with Gasteiger partial charge in [0.1, 0.15) is 11.6 Å². The average molecular weight is 269 g/mol. The smallest absolute Gasteiger partial charge is 0.223 e. The number of rotatable bonds is 3. The summed E-state index contributed by atoms with van der Waals surface area (Å²) in [5.41, 5.74) is 5.60. The molecule has 1 aliphatic rings. The topological polar surface area (TPSA) is 49.6 Å². The van der Waals surface area contributed by atoms with Gasteiger partial charge in [-0.2, -0.15) is 0 Å². The first-order chi connectivity index (χ1) is 9.11. The van der Waals surface area contributed by atoms with E-state index in [1.165, 1.54) is 6.07 Å². The number of amides is 1. The molecule has 2 N–H and O–H groups in total. The highest BCUT2D eigenvalue weighted by molar-refractivity contribution is 5.76. The molecule has 104 valence electrons. The summed E-state index contributed by atoms with van der Waals surface area (Å²) in [5.74, 6) is -0.886. The fourth-order valence-corrected chi connectivity index (χ4v) is 2.21. The Labute approximate surface area is 110 Å². The molecular weight excluding hydrogens is 252 g/mol. The van der Waals surface area contributed by atoms with Gasteiger partial charge in [0.25, 0.3) is 0 Å². The first-order valence-corrected chi connectivity index (χ1v) is 6.29. The van der Waals surface area contributed by atoms with Crippen molar-refractivity contribution in [2.75, 3.05) is 37.6 Å². The molecule has 0 unspecified atom stereocenters. The summed E-state index contributed by atoms with van der Waals surface area (Å²) in [6.45, 7) is 2.34. The van der Waals surface area contributed by atoms with Crippen molar-refractivity contribution < 1.29 is 13.6 Å². The normalized spacial score (nSPS) is 15.7. The van der Waals surface area contributed by atoms with Crippen LogP contribution in [0.1, 0.15) is 6.42 Å². The zero-order valence-corrected chi connectivity index (χ0v) is 10.6. The molecule has 1 amide bonds. The maximum atomic E-state index is 13.6. The van der Waals surface area contributed by atoms with E-state index in [1.54, 1.807) is 9.80 Å². The van der Waals surface area contributed by atoms with Crippen LogP contribution in [0.2, 0.25) is 0 Å². The highest BCUT2D eigenvalue weighted by Gasteiger charge is 2.22. The number of piperazine rings is 1. The lowest BCUT2D eigenvalue weighted by molar-refractivity contribution is -0.131. The lowest BCUT2D eigenvalue weighted by Gasteiger charge is -2.36. The Bertz CT molecular complexity index is 459. The van der Waals surface area contributed by atoms with Gasteiger partial charge < -0.3 is 15.5 Å². The molecule has 1 aliphatic heterocycles. The van der Waals surface area contributed by atoms with Crippen LogP contribution >= 0.6 is 0 Å². The Hall–Kier alpha value is -1.69. The van der Waals surface area contributed by atoms with Crippen molar-refractivity contribution in [1.29, 1.82) is 0 Å². The summed E-state index contributed by atoms with van der Waals surface area (Å²) in [5, 5.41) is 0. The molecule has 19 heavy (non-hydrogen) atoms. The van der Waals surface area contributed by atoms with Gasteiger partial charge in [-0.1, -0.05) is 0 Å². The SMILES string of the molecule is NCCC(=O)N1CCN(c2cc(F)ccc2F)CC1. The quantitative estimate of drug-likeness (QED) is 0.889. The minimum Gasteiger partial charge on any atom is -0.366 e. The number of hydrogen-bond acceptors (Lipinski definition) is 3. The van der Waals surface area contributed by atoms with Gasteiger partial charge in [0, 0.05) is 45.2 Å². The molecule has 1 heterocycles. The van der Waals surface area contributed by atoms with Gasteiger partial charge in [0.05, 0.1) is 5.69 Å². The zero-order chi connectivity index (χ0) is 13.8. The van der Waals surface area contributed by atoms with Crippen LogP contribution in [-0.2, 0) is 4.79 Å². The molecule has 0 atom stereocenters. The highest BCUT2D eigenvalue weighted by atomic mass is 19.1. The molecule has 1 saturated heterocycles. The third kappa shape index (κ3) is 3.20. The van der Waals surface area contributed by atoms with Crippen LogP contribution in [0.3, 0.4) is 0 Å². The Balaban J connectivity index is 2.00. The van der Waals surface area contributed by atoms with E-state index in [-0.39, 0.29) is 11.6 Å². The van der Waals surface area contributed by atoms with Crippen molar-refractivity contribution in [3.63, 3.8) is 0 Å². The van der Waals surface area contributed by atoms with Crippen molar-refractivity contribution in [1.82, 2.24) is 4.90 Å². The van der Waals surface area contributed by atoms with Gasteiger partial charge >= 0.3 is 0 Å². The predicted octanol–water partition coefficient (Wildman–Crippen LogP) is 0.962. The number of carbonyl (C=O) groups is 1. The predicted molar refractivity (Wildman–Crippen MR) is 68.8 cm³/mol. The van der Waals surface area contributed by atoms with Gasteiger partial charge in [-0.05, 0) is 12.1 Å². The lowest BCUT2D eigenvalue weighted by Crippen LogP contribution is -2.49. The fourth-order valence-electron chi connectivity index (χ4n) is 2.21. The first-order valence-electron chi connectivity index (χ1n) is 6.29. The maximum absolute atomic E-state index is 13.6. The third-order valence-electron chi connectivity index (χ3n) is 3.24. The molecule has 1 fully saturated rings. The second-order valence-electron chi connectivity index (χ2n) is 4.50. The number of nitrogens with zero attached hydrogens (tertiary/aromatic N) is 2. The molecular formula is C13H17F2N3O. The number of benzene rings is 1. The molecule has 1 aromatic rings. The van der Waals surface area contributed by atoms with E-state index in [0.29, 0.717) is 39.1 Å². The molecule has 0 aliphatic carbocycles. The number of hydrogen-bond donors (Lipinski definition) is 1. The van der Waals surface area contributed by atoms with Crippen LogP contribution in [0, 0.1) is 11.6 Å². The highest BCUT2D eigenvalue weighted by Crippen LogP contribution is 2.21. The molecule has 4 nitrogen and oxygen atoms in total. The molecule has 0 radical (unpaired) electrons.